The lowest BCUT2D eigenvalue weighted by molar-refractivity contribution is -0.0231. The second-order valence-electron chi connectivity index (χ2n) is 10.3. The van der Waals surface area contributed by atoms with Crippen molar-refractivity contribution in [3.8, 4) is 5.75 Å². The summed E-state index contributed by atoms with van der Waals surface area (Å²) in [6.07, 6.45) is 13.9. The highest BCUT2D eigenvalue weighted by molar-refractivity contribution is 5.41. The first kappa shape index (κ1) is 28.0. The van der Waals surface area contributed by atoms with Crippen LogP contribution in [-0.4, -0.2) is 29.5 Å². The van der Waals surface area contributed by atoms with Gasteiger partial charge in [-0.05, 0) is 57.7 Å². The average Bonchev–Trinajstić information content (AvgIpc) is 2.70. The summed E-state index contributed by atoms with van der Waals surface area (Å²) in [6.45, 7) is 14.6. The van der Waals surface area contributed by atoms with E-state index in [1.165, 1.54) is 51.4 Å². The van der Waals surface area contributed by atoms with E-state index < -0.39 is 0 Å². The number of phenols is 1. The lowest BCUT2D eigenvalue weighted by Crippen LogP contribution is -2.31. The van der Waals surface area contributed by atoms with Crippen LogP contribution in [0.25, 0.3) is 0 Å². The third kappa shape index (κ3) is 12.5. The van der Waals surface area contributed by atoms with Gasteiger partial charge < -0.3 is 14.6 Å². The van der Waals surface area contributed by atoms with Gasteiger partial charge >= 0.3 is 0 Å². The van der Waals surface area contributed by atoms with Gasteiger partial charge in [0.1, 0.15) is 5.75 Å². The van der Waals surface area contributed by atoms with Crippen molar-refractivity contribution < 1.29 is 14.6 Å². The average molecular weight is 435 g/mol. The Morgan fingerprint density at radius 2 is 1.16 bits per heavy atom. The van der Waals surface area contributed by atoms with Crippen LogP contribution in [0.3, 0.4) is 0 Å². The second kappa shape index (κ2) is 14.9. The minimum Gasteiger partial charge on any atom is -0.508 e. The minimum atomic E-state index is -0.303. The van der Waals surface area contributed by atoms with Crippen LogP contribution in [0.1, 0.15) is 117 Å². The maximum atomic E-state index is 10.6. The molecule has 0 heterocycles. The van der Waals surface area contributed by atoms with Crippen LogP contribution in [0.4, 0.5) is 0 Å². The Kier molecular flexibility index (Phi) is 13.4. The number of ether oxygens (including phenoxy) is 2. The van der Waals surface area contributed by atoms with Crippen molar-refractivity contribution in [3.05, 3.63) is 29.3 Å². The van der Waals surface area contributed by atoms with Gasteiger partial charge in [-0.15, -0.1) is 0 Å². The first-order valence-electron chi connectivity index (χ1n) is 12.8. The Bertz CT molecular complexity index is 592. The van der Waals surface area contributed by atoms with Gasteiger partial charge in [0, 0.05) is 26.1 Å². The van der Waals surface area contributed by atoms with Crippen LogP contribution in [0.5, 0.6) is 5.75 Å². The molecule has 0 aliphatic rings. The lowest BCUT2D eigenvalue weighted by atomic mass is 9.88. The summed E-state index contributed by atoms with van der Waals surface area (Å²) in [4.78, 5) is 0. The van der Waals surface area contributed by atoms with Crippen LogP contribution in [0.15, 0.2) is 18.2 Å². The first-order chi connectivity index (χ1) is 14.7. The highest BCUT2D eigenvalue weighted by Gasteiger charge is 2.26. The molecule has 0 aromatic heterocycles. The predicted octanol–water partition coefficient (Wildman–Crippen LogP) is 8.01. The molecule has 0 fully saturated rings. The Labute approximate surface area is 192 Å². The number of rotatable bonds is 18. The second-order valence-corrected chi connectivity index (χ2v) is 10.3. The van der Waals surface area contributed by atoms with Crippen LogP contribution in [-0.2, 0) is 22.3 Å². The summed E-state index contributed by atoms with van der Waals surface area (Å²) in [6, 6.07) is 5.86. The first-order valence-corrected chi connectivity index (χ1v) is 12.8. The minimum absolute atomic E-state index is 0.252. The Morgan fingerprint density at radius 3 is 1.68 bits per heavy atom. The zero-order chi connectivity index (χ0) is 23.2. The molecule has 1 aromatic carbocycles. The van der Waals surface area contributed by atoms with E-state index in [1.54, 1.807) is 6.07 Å². The molecule has 0 atom stereocenters. The molecule has 0 aliphatic heterocycles. The van der Waals surface area contributed by atoms with Crippen molar-refractivity contribution in [3.63, 3.8) is 0 Å². The van der Waals surface area contributed by atoms with E-state index in [0.29, 0.717) is 12.2 Å². The summed E-state index contributed by atoms with van der Waals surface area (Å²) in [5, 5.41) is 10.6. The third-order valence-electron chi connectivity index (χ3n) is 5.95. The standard InChI is InChI=1S/C28H50O3/c1-7-9-11-13-15-20-30-27(3,4)22-24-18-17-19-26(29)25(24)23-28(5,6)31-21-16-14-12-10-8-2/h17-19,29H,7-16,20-23H2,1-6H3. The highest BCUT2D eigenvalue weighted by Crippen LogP contribution is 2.31. The quantitative estimate of drug-likeness (QED) is 0.238. The summed E-state index contributed by atoms with van der Waals surface area (Å²) >= 11 is 0. The smallest absolute Gasteiger partial charge is 0.119 e. The zero-order valence-corrected chi connectivity index (χ0v) is 21.4. The molecule has 31 heavy (non-hydrogen) atoms. The van der Waals surface area contributed by atoms with Crippen molar-refractivity contribution in [2.45, 2.75) is 130 Å². The fourth-order valence-corrected chi connectivity index (χ4v) is 4.09. The normalized spacial score (nSPS) is 12.5. The molecule has 3 nitrogen and oxygen atoms in total. The third-order valence-corrected chi connectivity index (χ3v) is 5.95. The van der Waals surface area contributed by atoms with Crippen molar-refractivity contribution in [2.75, 3.05) is 13.2 Å². The molecule has 1 aromatic rings. The molecule has 3 heteroatoms. The number of benzene rings is 1. The summed E-state index contributed by atoms with van der Waals surface area (Å²) in [5.74, 6) is 0.368. The molecule has 0 unspecified atom stereocenters. The van der Waals surface area contributed by atoms with E-state index >= 15 is 0 Å². The number of hydrogen-bond acceptors (Lipinski definition) is 3. The lowest BCUT2D eigenvalue weighted by Gasteiger charge is -2.30. The molecule has 0 aliphatic carbocycles. The van der Waals surface area contributed by atoms with E-state index in [0.717, 1.165) is 43.6 Å². The molecule has 1 N–H and O–H groups in total. The number of hydrogen-bond donors (Lipinski definition) is 1. The maximum absolute atomic E-state index is 10.6. The maximum Gasteiger partial charge on any atom is 0.119 e. The van der Waals surface area contributed by atoms with Crippen LogP contribution < -0.4 is 0 Å². The Hall–Kier alpha value is -1.06. The Balaban J connectivity index is 2.62. The summed E-state index contributed by atoms with van der Waals surface area (Å²) in [7, 11) is 0. The molecule has 0 radical (unpaired) electrons. The topological polar surface area (TPSA) is 38.7 Å². The van der Waals surface area contributed by atoms with Crippen molar-refractivity contribution in [1.29, 1.82) is 0 Å². The van der Waals surface area contributed by atoms with E-state index in [1.807, 2.05) is 6.07 Å². The fourth-order valence-electron chi connectivity index (χ4n) is 4.09. The van der Waals surface area contributed by atoms with Crippen molar-refractivity contribution in [2.24, 2.45) is 0 Å². The molecule has 0 amide bonds. The van der Waals surface area contributed by atoms with Crippen LogP contribution >= 0.6 is 0 Å². The molecule has 0 bridgehead atoms. The van der Waals surface area contributed by atoms with Gasteiger partial charge in [0.2, 0.25) is 0 Å². The monoisotopic (exact) mass is 434 g/mol. The van der Waals surface area contributed by atoms with Crippen molar-refractivity contribution in [1.82, 2.24) is 0 Å². The molecular weight excluding hydrogens is 384 g/mol. The van der Waals surface area contributed by atoms with Crippen molar-refractivity contribution >= 4 is 0 Å². The van der Waals surface area contributed by atoms with E-state index in [-0.39, 0.29) is 11.2 Å². The van der Waals surface area contributed by atoms with Gasteiger partial charge in [0.05, 0.1) is 11.2 Å². The predicted molar refractivity (Wildman–Crippen MR) is 133 cm³/mol. The molecule has 0 spiro atoms. The summed E-state index contributed by atoms with van der Waals surface area (Å²) < 4.78 is 12.5. The van der Waals surface area contributed by atoms with Gasteiger partial charge in [-0.25, -0.2) is 0 Å². The zero-order valence-electron chi connectivity index (χ0n) is 21.4. The van der Waals surface area contributed by atoms with E-state index in [4.69, 9.17) is 9.47 Å². The molecule has 1 rings (SSSR count). The van der Waals surface area contributed by atoms with E-state index in [9.17, 15) is 5.11 Å². The van der Waals surface area contributed by atoms with Gasteiger partial charge in [0.25, 0.3) is 0 Å². The van der Waals surface area contributed by atoms with Crippen LogP contribution in [0.2, 0.25) is 0 Å². The SMILES string of the molecule is CCCCCCCOC(C)(C)Cc1cccc(O)c1CC(C)(C)OCCCCCCC. The molecule has 0 saturated carbocycles. The van der Waals surface area contributed by atoms with Gasteiger partial charge in [-0.1, -0.05) is 77.3 Å². The number of phenolic OH excluding ortho intramolecular Hbond substituents is 1. The van der Waals surface area contributed by atoms with Gasteiger partial charge in [-0.3, -0.25) is 0 Å². The molecular formula is C28H50O3. The number of aromatic hydroxyl groups is 1. The van der Waals surface area contributed by atoms with Gasteiger partial charge in [0.15, 0.2) is 0 Å². The molecule has 0 saturated heterocycles. The van der Waals surface area contributed by atoms with Gasteiger partial charge in [-0.2, -0.15) is 0 Å². The fraction of sp³-hybridized carbons (Fsp3) is 0.786. The summed E-state index contributed by atoms with van der Waals surface area (Å²) in [5.41, 5.74) is 1.61. The van der Waals surface area contributed by atoms with Crippen LogP contribution in [0, 0.1) is 0 Å². The largest absolute Gasteiger partial charge is 0.508 e. The Morgan fingerprint density at radius 1 is 0.677 bits per heavy atom. The van der Waals surface area contributed by atoms with E-state index in [2.05, 4.69) is 47.6 Å². The highest BCUT2D eigenvalue weighted by atomic mass is 16.5. The molecule has 180 valence electrons. The number of unbranched alkanes of at least 4 members (excludes halogenated alkanes) is 8.